The van der Waals surface area contributed by atoms with Gasteiger partial charge in [-0.05, 0) is 28.7 Å². The SMILES string of the molecule is NC(=O)c1cc(I)cn1N. The average Bonchev–Trinajstić information content (AvgIpc) is 2.10. The molecule has 0 saturated heterocycles. The molecule has 5 heteroatoms. The Bertz CT molecular complexity index is 268. The van der Waals surface area contributed by atoms with Gasteiger partial charge >= 0.3 is 0 Å². The molecule has 0 radical (unpaired) electrons. The molecule has 4 nitrogen and oxygen atoms in total. The zero-order valence-electron chi connectivity index (χ0n) is 5.04. The molecule has 1 aromatic heterocycles. The van der Waals surface area contributed by atoms with Crippen molar-refractivity contribution < 1.29 is 4.79 Å². The summed E-state index contributed by atoms with van der Waals surface area (Å²) in [6, 6.07) is 1.63. The second-order valence-corrected chi connectivity index (χ2v) is 3.06. The highest BCUT2D eigenvalue weighted by atomic mass is 127. The van der Waals surface area contributed by atoms with Gasteiger partial charge in [0.15, 0.2) is 0 Å². The van der Waals surface area contributed by atoms with Crippen LogP contribution in [0, 0.1) is 3.57 Å². The molecule has 0 spiro atoms. The normalized spacial score (nSPS) is 9.70. The number of carbonyl (C=O) groups excluding carboxylic acids is 1. The Morgan fingerprint density at radius 2 is 2.30 bits per heavy atom. The first-order chi connectivity index (χ1) is 4.61. The van der Waals surface area contributed by atoms with Crippen molar-refractivity contribution in [2.75, 3.05) is 5.84 Å². The van der Waals surface area contributed by atoms with E-state index >= 15 is 0 Å². The van der Waals surface area contributed by atoms with Crippen molar-refractivity contribution in [3.63, 3.8) is 0 Å². The lowest BCUT2D eigenvalue weighted by Crippen LogP contribution is -2.20. The molecule has 0 fully saturated rings. The van der Waals surface area contributed by atoms with Crippen LogP contribution in [-0.4, -0.2) is 10.6 Å². The summed E-state index contributed by atoms with van der Waals surface area (Å²) < 4.78 is 2.11. The Morgan fingerprint density at radius 1 is 1.70 bits per heavy atom. The number of rotatable bonds is 1. The van der Waals surface area contributed by atoms with Crippen LogP contribution in [0.25, 0.3) is 0 Å². The van der Waals surface area contributed by atoms with Gasteiger partial charge in [0.05, 0.1) is 0 Å². The third kappa shape index (κ3) is 1.23. The number of nitrogens with two attached hydrogens (primary N) is 2. The quantitative estimate of drug-likeness (QED) is 0.540. The first-order valence-corrected chi connectivity index (χ1v) is 3.62. The molecule has 1 aromatic rings. The Balaban J connectivity index is 3.15. The van der Waals surface area contributed by atoms with Crippen LogP contribution in [0.2, 0.25) is 0 Å². The first-order valence-electron chi connectivity index (χ1n) is 2.54. The van der Waals surface area contributed by atoms with E-state index in [1.54, 1.807) is 12.3 Å². The zero-order chi connectivity index (χ0) is 7.72. The highest BCUT2D eigenvalue weighted by molar-refractivity contribution is 14.1. The molecule has 54 valence electrons. The predicted molar refractivity (Wildman–Crippen MR) is 45.8 cm³/mol. The molecule has 0 aliphatic heterocycles. The van der Waals surface area contributed by atoms with Crippen LogP contribution in [0.3, 0.4) is 0 Å². The lowest BCUT2D eigenvalue weighted by molar-refractivity contribution is 0.0993. The van der Waals surface area contributed by atoms with Crippen molar-refractivity contribution in [3.8, 4) is 0 Å². The summed E-state index contributed by atoms with van der Waals surface area (Å²) >= 11 is 2.05. The molecule has 4 N–H and O–H groups in total. The van der Waals surface area contributed by atoms with Gasteiger partial charge in [-0.25, -0.2) is 0 Å². The van der Waals surface area contributed by atoms with Gasteiger partial charge in [0.2, 0.25) is 0 Å². The molecule has 1 amide bonds. The lowest BCUT2D eigenvalue weighted by Gasteiger charge is -1.94. The topological polar surface area (TPSA) is 74.0 Å². The maximum Gasteiger partial charge on any atom is 0.267 e. The fourth-order valence-corrected chi connectivity index (χ4v) is 1.24. The maximum absolute atomic E-state index is 10.6. The molecule has 10 heavy (non-hydrogen) atoms. The van der Waals surface area contributed by atoms with Crippen LogP contribution >= 0.6 is 22.6 Å². The van der Waals surface area contributed by atoms with Crippen molar-refractivity contribution in [3.05, 3.63) is 21.5 Å². The van der Waals surface area contributed by atoms with Crippen molar-refractivity contribution in [2.24, 2.45) is 5.73 Å². The molecule has 0 aliphatic carbocycles. The number of nitrogen functional groups attached to an aromatic ring is 1. The van der Waals surface area contributed by atoms with Gasteiger partial charge in [-0.3, -0.25) is 9.47 Å². The standard InChI is InChI=1S/C5H6IN3O/c6-3-1-4(5(7)10)9(8)2-3/h1-2H,8H2,(H2,7,10). The van der Waals surface area contributed by atoms with E-state index in [1.807, 2.05) is 0 Å². The molecule has 0 atom stereocenters. The van der Waals surface area contributed by atoms with E-state index in [2.05, 4.69) is 22.6 Å². The number of amides is 1. The summed E-state index contributed by atoms with van der Waals surface area (Å²) in [5.41, 5.74) is 5.31. The third-order valence-electron chi connectivity index (χ3n) is 1.07. The second-order valence-electron chi connectivity index (χ2n) is 1.82. The largest absolute Gasteiger partial charge is 0.364 e. The Hall–Kier alpha value is -0.720. The molecule has 0 unspecified atom stereocenters. The minimum Gasteiger partial charge on any atom is -0.364 e. The smallest absolute Gasteiger partial charge is 0.267 e. The van der Waals surface area contributed by atoms with Crippen LogP contribution < -0.4 is 11.6 Å². The fraction of sp³-hybridized carbons (Fsp3) is 0. The van der Waals surface area contributed by atoms with E-state index in [9.17, 15) is 4.79 Å². The highest BCUT2D eigenvalue weighted by Crippen LogP contribution is 2.07. The number of hydrogen-bond donors (Lipinski definition) is 2. The van der Waals surface area contributed by atoms with Gasteiger partial charge in [0, 0.05) is 9.77 Å². The first kappa shape index (κ1) is 7.39. The minimum absolute atomic E-state index is 0.324. The number of nitrogens with zero attached hydrogens (tertiary/aromatic N) is 1. The molecule has 0 aliphatic rings. The average molecular weight is 251 g/mol. The molecular formula is C5H6IN3O. The number of carbonyl (C=O) groups is 1. The summed E-state index contributed by atoms with van der Waals surface area (Å²) in [6.45, 7) is 0. The van der Waals surface area contributed by atoms with E-state index in [0.717, 1.165) is 3.57 Å². The molecule has 1 rings (SSSR count). The van der Waals surface area contributed by atoms with Gasteiger partial charge in [-0.2, -0.15) is 0 Å². The number of hydrogen-bond acceptors (Lipinski definition) is 2. The van der Waals surface area contributed by atoms with E-state index in [1.165, 1.54) is 4.68 Å². The van der Waals surface area contributed by atoms with Crippen LogP contribution in [0.4, 0.5) is 0 Å². The number of aromatic nitrogens is 1. The van der Waals surface area contributed by atoms with Gasteiger partial charge in [0.1, 0.15) is 5.69 Å². The fourth-order valence-electron chi connectivity index (χ4n) is 0.643. The minimum atomic E-state index is -0.509. The zero-order valence-corrected chi connectivity index (χ0v) is 7.20. The monoisotopic (exact) mass is 251 g/mol. The van der Waals surface area contributed by atoms with Gasteiger partial charge in [-0.15, -0.1) is 0 Å². The molecule has 0 bridgehead atoms. The Kier molecular flexibility index (Phi) is 1.84. The van der Waals surface area contributed by atoms with E-state index in [0.29, 0.717) is 5.69 Å². The van der Waals surface area contributed by atoms with Crippen LogP contribution in [0.15, 0.2) is 12.3 Å². The maximum atomic E-state index is 10.6. The predicted octanol–water partition coefficient (Wildman–Crippen LogP) is -0.0946. The number of primary amides is 1. The van der Waals surface area contributed by atoms with Crippen molar-refractivity contribution in [1.29, 1.82) is 0 Å². The Labute approximate surface area is 71.3 Å². The number of halogens is 1. The van der Waals surface area contributed by atoms with E-state index in [-0.39, 0.29) is 0 Å². The van der Waals surface area contributed by atoms with Gasteiger partial charge in [-0.1, -0.05) is 0 Å². The second kappa shape index (κ2) is 2.49. The summed E-state index contributed by atoms with van der Waals surface area (Å²) in [4.78, 5) is 10.6. The molecule has 1 heterocycles. The van der Waals surface area contributed by atoms with Crippen molar-refractivity contribution in [1.82, 2.24) is 4.68 Å². The Morgan fingerprint density at radius 3 is 2.50 bits per heavy atom. The van der Waals surface area contributed by atoms with E-state index < -0.39 is 5.91 Å². The summed E-state index contributed by atoms with van der Waals surface area (Å²) in [6.07, 6.45) is 1.63. The third-order valence-corrected chi connectivity index (χ3v) is 1.66. The highest BCUT2D eigenvalue weighted by Gasteiger charge is 2.05. The molecule has 0 saturated carbocycles. The van der Waals surface area contributed by atoms with Crippen LogP contribution in [0.1, 0.15) is 10.5 Å². The van der Waals surface area contributed by atoms with Gasteiger partial charge in [0.25, 0.3) is 5.91 Å². The summed E-state index contributed by atoms with van der Waals surface area (Å²) in [5.74, 6) is 4.84. The van der Waals surface area contributed by atoms with Crippen LogP contribution in [0.5, 0.6) is 0 Å². The van der Waals surface area contributed by atoms with Crippen molar-refractivity contribution >= 4 is 28.5 Å². The molecular weight excluding hydrogens is 245 g/mol. The summed E-state index contributed by atoms with van der Waals surface area (Å²) in [7, 11) is 0. The van der Waals surface area contributed by atoms with Crippen LogP contribution in [-0.2, 0) is 0 Å². The summed E-state index contributed by atoms with van der Waals surface area (Å²) in [5, 5.41) is 0. The van der Waals surface area contributed by atoms with Gasteiger partial charge < -0.3 is 11.6 Å². The van der Waals surface area contributed by atoms with E-state index in [4.69, 9.17) is 11.6 Å². The molecule has 0 aromatic carbocycles. The lowest BCUT2D eigenvalue weighted by atomic mass is 10.4. The van der Waals surface area contributed by atoms with Crippen molar-refractivity contribution in [2.45, 2.75) is 0 Å².